The summed E-state index contributed by atoms with van der Waals surface area (Å²) in [5.41, 5.74) is 3.48. The van der Waals surface area contributed by atoms with Crippen molar-refractivity contribution >= 4 is 15.8 Å². The van der Waals surface area contributed by atoms with Crippen LogP contribution in [-0.2, 0) is 27.4 Å². The highest BCUT2D eigenvalue weighted by molar-refractivity contribution is 7.90. The van der Waals surface area contributed by atoms with Gasteiger partial charge in [-0.05, 0) is 36.6 Å². The Kier molecular flexibility index (Phi) is 6.80. The molecule has 0 aliphatic heterocycles. The van der Waals surface area contributed by atoms with Crippen molar-refractivity contribution in [1.29, 1.82) is 0 Å². The zero-order valence-electron chi connectivity index (χ0n) is 15.3. The molecule has 140 valence electrons. The summed E-state index contributed by atoms with van der Waals surface area (Å²) in [5, 5.41) is 0. The van der Waals surface area contributed by atoms with Gasteiger partial charge in [0.25, 0.3) is 0 Å². The molecule has 2 aromatic rings. The Hall–Kier alpha value is -2.34. The molecule has 6 heteroatoms. The van der Waals surface area contributed by atoms with Crippen LogP contribution in [0.15, 0.2) is 42.5 Å². The molecule has 2 rings (SSSR count). The number of methoxy groups -OCH3 is 1. The highest BCUT2D eigenvalue weighted by Gasteiger charge is 2.13. The second-order valence-electron chi connectivity index (χ2n) is 6.28. The minimum absolute atomic E-state index is 0.0266. The van der Waals surface area contributed by atoms with Gasteiger partial charge < -0.3 is 9.47 Å². The van der Waals surface area contributed by atoms with Crippen LogP contribution >= 0.6 is 0 Å². The molecule has 0 bridgehead atoms. The van der Waals surface area contributed by atoms with E-state index in [0.717, 1.165) is 17.5 Å². The van der Waals surface area contributed by atoms with Crippen LogP contribution in [0.3, 0.4) is 0 Å². The molecular weight excluding hydrogens is 352 g/mol. The predicted molar refractivity (Wildman–Crippen MR) is 102 cm³/mol. The third kappa shape index (κ3) is 6.19. The zero-order chi connectivity index (χ0) is 19.2. The number of carbonyl (C=O) groups excluding carboxylic acids is 1. The third-order valence-electron chi connectivity index (χ3n) is 3.96. The van der Waals surface area contributed by atoms with Crippen molar-refractivity contribution in [2.45, 2.75) is 19.8 Å². The summed E-state index contributed by atoms with van der Waals surface area (Å²) in [6.45, 7) is 2.47. The summed E-state index contributed by atoms with van der Waals surface area (Å²) < 4.78 is 33.5. The monoisotopic (exact) mass is 376 g/mol. The molecule has 2 aromatic carbocycles. The fraction of sp³-hybridized carbons (Fsp3) is 0.350. The average Bonchev–Trinajstić information content (AvgIpc) is 2.59. The molecule has 0 fully saturated rings. The molecule has 26 heavy (non-hydrogen) atoms. The van der Waals surface area contributed by atoms with Gasteiger partial charge in [0.15, 0.2) is 0 Å². The van der Waals surface area contributed by atoms with Gasteiger partial charge in [-0.2, -0.15) is 0 Å². The smallest absolute Gasteiger partial charge is 0.337 e. The van der Waals surface area contributed by atoms with E-state index in [-0.39, 0.29) is 5.75 Å². The normalized spacial score (nSPS) is 11.2. The molecule has 0 aliphatic carbocycles. The minimum atomic E-state index is -3.09. The van der Waals surface area contributed by atoms with Crippen LogP contribution in [0.25, 0.3) is 0 Å². The second kappa shape index (κ2) is 8.85. The Morgan fingerprint density at radius 2 is 1.85 bits per heavy atom. The van der Waals surface area contributed by atoms with E-state index in [1.807, 2.05) is 25.1 Å². The Balaban J connectivity index is 2.14. The number of ether oxygens (including phenoxy) is 2. The van der Waals surface area contributed by atoms with Gasteiger partial charge in [-0.3, -0.25) is 0 Å². The van der Waals surface area contributed by atoms with Crippen LogP contribution in [0.2, 0.25) is 0 Å². The first-order chi connectivity index (χ1) is 12.3. The Morgan fingerprint density at radius 3 is 2.50 bits per heavy atom. The van der Waals surface area contributed by atoms with Crippen molar-refractivity contribution in [2.24, 2.45) is 0 Å². The van der Waals surface area contributed by atoms with E-state index in [1.165, 1.54) is 18.9 Å². The fourth-order valence-electron chi connectivity index (χ4n) is 2.58. The number of benzene rings is 2. The highest BCUT2D eigenvalue weighted by Crippen LogP contribution is 2.23. The number of sulfone groups is 1. The summed E-state index contributed by atoms with van der Waals surface area (Å²) in [5.74, 6) is 0.0890. The van der Waals surface area contributed by atoms with Crippen molar-refractivity contribution in [1.82, 2.24) is 0 Å². The van der Waals surface area contributed by atoms with Crippen molar-refractivity contribution in [2.75, 3.05) is 25.7 Å². The predicted octanol–water partition coefficient (Wildman–Crippen LogP) is 2.99. The number of rotatable bonds is 8. The molecular formula is C20H24O5S. The SMILES string of the molecule is COC(=O)c1ccc(CCS(C)(=O)=O)c(OCCc2cccc(C)c2)c1. The molecule has 0 heterocycles. The van der Waals surface area contributed by atoms with E-state index < -0.39 is 15.8 Å². The number of esters is 1. The maximum absolute atomic E-state index is 11.8. The Labute approximate surface area is 154 Å². The first kappa shape index (κ1) is 20.0. The quantitative estimate of drug-likeness (QED) is 0.663. The van der Waals surface area contributed by atoms with Gasteiger partial charge in [-0.15, -0.1) is 0 Å². The molecule has 0 amide bonds. The molecule has 0 aliphatic rings. The minimum Gasteiger partial charge on any atom is -0.493 e. The maximum Gasteiger partial charge on any atom is 0.337 e. The standard InChI is InChI=1S/C20H24O5S/c1-15-5-4-6-16(13-15)9-11-25-19-14-18(20(21)24-2)8-7-17(19)10-12-26(3,22)23/h4-8,13-14H,9-12H2,1-3H3. The molecule has 0 radical (unpaired) electrons. The number of hydrogen-bond acceptors (Lipinski definition) is 5. The Bertz CT molecular complexity index is 872. The van der Waals surface area contributed by atoms with Gasteiger partial charge in [-0.1, -0.05) is 35.9 Å². The lowest BCUT2D eigenvalue weighted by atomic mass is 10.1. The Morgan fingerprint density at radius 1 is 1.08 bits per heavy atom. The number of hydrogen-bond donors (Lipinski definition) is 0. The van der Waals surface area contributed by atoms with E-state index in [2.05, 4.69) is 6.07 Å². The summed E-state index contributed by atoms with van der Waals surface area (Å²) >= 11 is 0. The molecule has 0 aromatic heterocycles. The van der Waals surface area contributed by atoms with Crippen LogP contribution < -0.4 is 4.74 Å². The number of aryl methyl sites for hydroxylation is 2. The zero-order valence-corrected chi connectivity index (χ0v) is 16.1. The van der Waals surface area contributed by atoms with Gasteiger partial charge in [0.05, 0.1) is 25.0 Å². The van der Waals surface area contributed by atoms with Gasteiger partial charge >= 0.3 is 5.97 Å². The second-order valence-corrected chi connectivity index (χ2v) is 8.54. The average molecular weight is 376 g/mol. The van der Waals surface area contributed by atoms with E-state index in [1.54, 1.807) is 18.2 Å². The van der Waals surface area contributed by atoms with Crippen LogP contribution in [0.4, 0.5) is 0 Å². The topological polar surface area (TPSA) is 69.7 Å². The fourth-order valence-corrected chi connectivity index (χ4v) is 3.17. The summed E-state index contributed by atoms with van der Waals surface area (Å²) in [6, 6.07) is 13.1. The lowest BCUT2D eigenvalue weighted by Gasteiger charge is -2.13. The summed E-state index contributed by atoms with van der Waals surface area (Å²) in [6.07, 6.45) is 2.25. The van der Waals surface area contributed by atoms with Crippen LogP contribution in [0.5, 0.6) is 5.75 Å². The van der Waals surface area contributed by atoms with E-state index in [9.17, 15) is 13.2 Å². The van der Waals surface area contributed by atoms with Crippen LogP contribution in [-0.4, -0.2) is 40.1 Å². The van der Waals surface area contributed by atoms with Crippen molar-refractivity contribution in [3.05, 3.63) is 64.7 Å². The third-order valence-corrected chi connectivity index (χ3v) is 4.91. The molecule has 0 spiro atoms. The van der Waals surface area contributed by atoms with E-state index in [0.29, 0.717) is 24.3 Å². The highest BCUT2D eigenvalue weighted by atomic mass is 32.2. The molecule has 0 saturated heterocycles. The van der Waals surface area contributed by atoms with Crippen molar-refractivity contribution < 1.29 is 22.7 Å². The van der Waals surface area contributed by atoms with Gasteiger partial charge in [-0.25, -0.2) is 13.2 Å². The molecule has 0 atom stereocenters. The van der Waals surface area contributed by atoms with Crippen molar-refractivity contribution in [3.8, 4) is 5.75 Å². The molecule has 5 nitrogen and oxygen atoms in total. The van der Waals surface area contributed by atoms with E-state index >= 15 is 0 Å². The first-order valence-corrected chi connectivity index (χ1v) is 10.4. The van der Waals surface area contributed by atoms with Crippen LogP contribution in [0, 0.1) is 6.92 Å². The first-order valence-electron chi connectivity index (χ1n) is 8.36. The number of carbonyl (C=O) groups is 1. The maximum atomic E-state index is 11.8. The van der Waals surface area contributed by atoms with E-state index in [4.69, 9.17) is 9.47 Å². The lowest BCUT2D eigenvalue weighted by Crippen LogP contribution is -2.10. The van der Waals surface area contributed by atoms with Gasteiger partial charge in [0.2, 0.25) is 0 Å². The molecule has 0 N–H and O–H groups in total. The molecule has 0 unspecified atom stereocenters. The molecule has 0 saturated carbocycles. The van der Waals surface area contributed by atoms with Gasteiger partial charge in [0.1, 0.15) is 15.6 Å². The summed E-state index contributed by atoms with van der Waals surface area (Å²) in [4.78, 5) is 11.8. The van der Waals surface area contributed by atoms with Gasteiger partial charge in [0, 0.05) is 12.7 Å². The lowest BCUT2D eigenvalue weighted by molar-refractivity contribution is 0.0600. The largest absolute Gasteiger partial charge is 0.493 e. The summed E-state index contributed by atoms with van der Waals surface area (Å²) in [7, 11) is -1.77. The van der Waals surface area contributed by atoms with Crippen LogP contribution in [0.1, 0.15) is 27.0 Å². The van der Waals surface area contributed by atoms with Crippen molar-refractivity contribution in [3.63, 3.8) is 0 Å².